The zero-order chi connectivity index (χ0) is 12.1. The molecule has 1 aliphatic rings. The van der Waals surface area contributed by atoms with E-state index in [4.69, 9.17) is 0 Å². The summed E-state index contributed by atoms with van der Waals surface area (Å²) in [6.07, 6.45) is 1.88. The summed E-state index contributed by atoms with van der Waals surface area (Å²) < 4.78 is 0. The Morgan fingerprint density at radius 1 is 1.24 bits per heavy atom. The smallest absolute Gasteiger partial charge is 0.152 e. The summed E-state index contributed by atoms with van der Waals surface area (Å²) in [7, 11) is 0. The largest absolute Gasteiger partial charge is 0.369 e. The highest BCUT2D eigenvalue weighted by Gasteiger charge is 2.17. The first kappa shape index (κ1) is 12.2. The van der Waals surface area contributed by atoms with Crippen molar-refractivity contribution < 1.29 is 0 Å². The van der Waals surface area contributed by atoms with Crippen LogP contribution in [0, 0.1) is 0 Å². The number of hydrogen-bond donors (Lipinski definition) is 0. The minimum Gasteiger partial charge on any atom is -0.369 e. The first-order chi connectivity index (χ1) is 8.36. The highest BCUT2D eigenvalue weighted by Crippen LogP contribution is 2.26. The molecule has 1 saturated heterocycles. The van der Waals surface area contributed by atoms with Crippen molar-refractivity contribution >= 4 is 11.5 Å². The molecule has 4 heteroatoms. The number of rotatable bonds is 4. The fourth-order valence-corrected chi connectivity index (χ4v) is 2.26. The molecule has 2 heterocycles. The van der Waals surface area contributed by atoms with Crippen molar-refractivity contribution in [2.24, 2.45) is 0 Å². The zero-order valence-corrected chi connectivity index (χ0v) is 10.8. The Bertz CT molecular complexity index is 343. The second-order valence-electron chi connectivity index (χ2n) is 4.18. The van der Waals surface area contributed by atoms with Crippen molar-refractivity contribution in [1.82, 2.24) is 10.3 Å². The lowest BCUT2D eigenvalue weighted by atomic mass is 10.2. The second kappa shape index (κ2) is 5.87. The molecule has 1 aromatic heterocycles. The zero-order valence-electron chi connectivity index (χ0n) is 10.8. The molecule has 0 unspecified atom stereocenters. The third-order valence-electron chi connectivity index (χ3n) is 3.23. The van der Waals surface area contributed by atoms with E-state index in [1.807, 2.05) is 12.3 Å². The topological polar surface area (TPSA) is 33.5 Å². The van der Waals surface area contributed by atoms with Gasteiger partial charge in [-0.3, -0.25) is 0 Å². The van der Waals surface area contributed by atoms with Crippen molar-refractivity contribution in [3.63, 3.8) is 0 Å². The summed E-state index contributed by atoms with van der Waals surface area (Å²) in [5, 5.41) is 4.38. The van der Waals surface area contributed by atoms with E-state index in [2.05, 4.69) is 40.0 Å². The fourth-order valence-electron chi connectivity index (χ4n) is 2.26. The summed E-state index contributed by atoms with van der Waals surface area (Å²) in [6.45, 7) is 10.2. The number of pyridine rings is 1. The molecule has 1 fully saturated rings. The average molecular weight is 233 g/mol. The lowest BCUT2D eigenvalue weighted by Crippen LogP contribution is -2.41. The summed E-state index contributed by atoms with van der Waals surface area (Å²) >= 11 is 0. The van der Waals surface area contributed by atoms with Crippen LogP contribution in [-0.4, -0.2) is 44.3 Å². The Balaban J connectivity index is 2.25. The van der Waals surface area contributed by atoms with Gasteiger partial charge < -0.3 is 9.80 Å². The van der Waals surface area contributed by atoms with Crippen LogP contribution < -0.4 is 15.1 Å². The Morgan fingerprint density at radius 2 is 1.94 bits per heavy atom. The molecular formula is C13H21N4. The highest BCUT2D eigenvalue weighted by atomic mass is 15.3. The van der Waals surface area contributed by atoms with Crippen LogP contribution in [0.3, 0.4) is 0 Å². The Kier molecular flexibility index (Phi) is 4.20. The molecule has 0 atom stereocenters. The van der Waals surface area contributed by atoms with E-state index in [0.717, 1.165) is 45.1 Å². The Hall–Kier alpha value is -1.29. The molecule has 0 aromatic carbocycles. The van der Waals surface area contributed by atoms with Gasteiger partial charge in [-0.05, 0) is 26.0 Å². The van der Waals surface area contributed by atoms with Crippen LogP contribution in [0.5, 0.6) is 0 Å². The summed E-state index contributed by atoms with van der Waals surface area (Å²) in [4.78, 5) is 9.26. The van der Waals surface area contributed by atoms with Gasteiger partial charge in [-0.1, -0.05) is 0 Å². The van der Waals surface area contributed by atoms with Gasteiger partial charge in [0.1, 0.15) is 0 Å². The van der Waals surface area contributed by atoms with Crippen LogP contribution in [0.1, 0.15) is 13.8 Å². The summed E-state index contributed by atoms with van der Waals surface area (Å²) in [5.41, 5.74) is 1.25. The number of aromatic nitrogens is 1. The van der Waals surface area contributed by atoms with Crippen LogP contribution in [0.25, 0.3) is 0 Å². The number of piperazine rings is 1. The predicted molar refractivity (Wildman–Crippen MR) is 71.9 cm³/mol. The average Bonchev–Trinajstić information content (AvgIpc) is 2.42. The van der Waals surface area contributed by atoms with Gasteiger partial charge in [-0.25, -0.2) is 10.3 Å². The molecule has 93 valence electrons. The Morgan fingerprint density at radius 3 is 2.59 bits per heavy atom. The van der Waals surface area contributed by atoms with E-state index in [1.165, 1.54) is 5.69 Å². The molecule has 0 spiro atoms. The van der Waals surface area contributed by atoms with Crippen LogP contribution in [0.15, 0.2) is 18.3 Å². The van der Waals surface area contributed by atoms with Gasteiger partial charge in [0, 0.05) is 45.5 Å². The third kappa shape index (κ3) is 2.69. The molecule has 0 saturated carbocycles. The van der Waals surface area contributed by atoms with E-state index in [9.17, 15) is 0 Å². The standard InChI is InChI=1S/C13H21N4/c1-3-16(4-2)12-6-5-7-15-13(12)17-10-8-14-9-11-17/h5-7H,3-4,8-11H2,1-2H3. The van der Waals surface area contributed by atoms with Gasteiger partial charge >= 0.3 is 0 Å². The van der Waals surface area contributed by atoms with Gasteiger partial charge in [-0.15, -0.1) is 0 Å². The van der Waals surface area contributed by atoms with Gasteiger partial charge in [0.05, 0.1) is 5.69 Å². The molecule has 17 heavy (non-hydrogen) atoms. The molecule has 0 N–H and O–H groups in total. The van der Waals surface area contributed by atoms with Gasteiger partial charge in [0.2, 0.25) is 0 Å². The van der Waals surface area contributed by atoms with Crippen molar-refractivity contribution in [3.05, 3.63) is 18.3 Å². The van der Waals surface area contributed by atoms with Crippen LogP contribution in [-0.2, 0) is 0 Å². The molecule has 0 bridgehead atoms. The van der Waals surface area contributed by atoms with Crippen molar-refractivity contribution in [3.8, 4) is 0 Å². The summed E-state index contributed by atoms with van der Waals surface area (Å²) in [5.74, 6) is 1.12. The van der Waals surface area contributed by atoms with E-state index < -0.39 is 0 Å². The maximum atomic E-state index is 4.56. The molecule has 2 rings (SSSR count). The van der Waals surface area contributed by atoms with E-state index in [1.54, 1.807) is 0 Å². The fraction of sp³-hybridized carbons (Fsp3) is 0.615. The minimum atomic E-state index is 0.925. The molecule has 0 amide bonds. The minimum absolute atomic E-state index is 0.925. The number of nitrogens with zero attached hydrogens (tertiary/aromatic N) is 4. The molecule has 4 nitrogen and oxygen atoms in total. The normalized spacial score (nSPS) is 16.0. The van der Waals surface area contributed by atoms with Crippen molar-refractivity contribution in [2.45, 2.75) is 13.8 Å². The molecular weight excluding hydrogens is 212 g/mol. The van der Waals surface area contributed by atoms with Crippen LogP contribution in [0.2, 0.25) is 0 Å². The monoisotopic (exact) mass is 233 g/mol. The van der Waals surface area contributed by atoms with Crippen LogP contribution >= 0.6 is 0 Å². The van der Waals surface area contributed by atoms with Gasteiger partial charge in [0.15, 0.2) is 5.82 Å². The SMILES string of the molecule is CCN(CC)c1cccnc1N1CC[N]CC1. The number of anilines is 2. The quantitative estimate of drug-likeness (QED) is 0.787. The third-order valence-corrected chi connectivity index (χ3v) is 3.23. The number of hydrogen-bond acceptors (Lipinski definition) is 3. The highest BCUT2D eigenvalue weighted by molar-refractivity contribution is 5.67. The van der Waals surface area contributed by atoms with Gasteiger partial charge in [-0.2, -0.15) is 0 Å². The van der Waals surface area contributed by atoms with Crippen molar-refractivity contribution in [2.75, 3.05) is 49.1 Å². The second-order valence-corrected chi connectivity index (χ2v) is 4.18. The van der Waals surface area contributed by atoms with Crippen LogP contribution in [0.4, 0.5) is 11.5 Å². The maximum absolute atomic E-state index is 4.56. The van der Waals surface area contributed by atoms with Crippen molar-refractivity contribution in [1.29, 1.82) is 0 Å². The lowest BCUT2D eigenvalue weighted by molar-refractivity contribution is 0.574. The first-order valence-electron chi connectivity index (χ1n) is 6.45. The van der Waals surface area contributed by atoms with E-state index in [-0.39, 0.29) is 0 Å². The van der Waals surface area contributed by atoms with Gasteiger partial charge in [0.25, 0.3) is 0 Å². The summed E-state index contributed by atoms with van der Waals surface area (Å²) in [6, 6.07) is 4.19. The first-order valence-corrected chi connectivity index (χ1v) is 6.45. The molecule has 1 radical (unpaired) electrons. The van der Waals surface area contributed by atoms with E-state index in [0.29, 0.717) is 0 Å². The van der Waals surface area contributed by atoms with E-state index >= 15 is 0 Å². The lowest BCUT2D eigenvalue weighted by Gasteiger charge is -2.32. The predicted octanol–water partition coefficient (Wildman–Crippen LogP) is 1.35. The Labute approximate surface area is 104 Å². The molecule has 1 aromatic rings. The molecule has 0 aliphatic carbocycles. The maximum Gasteiger partial charge on any atom is 0.152 e. The molecule has 1 aliphatic heterocycles.